The number of unbranched alkanes of at least 4 members (excludes halogenated alkanes) is 4. The van der Waals surface area contributed by atoms with Crippen molar-refractivity contribution >= 4 is 11.6 Å². The third-order valence-corrected chi connectivity index (χ3v) is 2.63. The van der Waals surface area contributed by atoms with Gasteiger partial charge in [0.15, 0.2) is 0 Å². The minimum Gasteiger partial charge on any atom is -0.500 e. The van der Waals surface area contributed by atoms with Crippen molar-refractivity contribution in [1.29, 1.82) is 0 Å². The summed E-state index contributed by atoms with van der Waals surface area (Å²) in [7, 11) is 1.62. The Bertz CT molecular complexity index is 134. The number of ether oxygens (including phenoxy) is 1. The molecular formula is C11H21ClO. The van der Waals surface area contributed by atoms with Gasteiger partial charge in [0.05, 0.1) is 12.5 Å². The molecule has 0 radical (unpaired) electrons. The second kappa shape index (κ2) is 8.43. The Morgan fingerprint density at radius 1 is 1.31 bits per heavy atom. The van der Waals surface area contributed by atoms with Crippen LogP contribution in [0.5, 0.6) is 0 Å². The number of rotatable bonds is 8. The topological polar surface area (TPSA) is 9.23 Å². The number of hydrogen-bond acceptors (Lipinski definition) is 1. The highest BCUT2D eigenvalue weighted by atomic mass is 35.5. The lowest BCUT2D eigenvalue weighted by Gasteiger charge is -2.10. The van der Waals surface area contributed by atoms with E-state index < -0.39 is 0 Å². The summed E-state index contributed by atoms with van der Waals surface area (Å²) in [5.41, 5.74) is 0. The standard InChI is InChI=1S/C11H21ClO/c1-4-5-6-7-8-9-11(12)10(2)13-3/h11H,2,4-9H2,1,3H3. The van der Waals surface area contributed by atoms with E-state index in [-0.39, 0.29) is 5.38 Å². The van der Waals surface area contributed by atoms with E-state index in [9.17, 15) is 0 Å². The Kier molecular flexibility index (Phi) is 8.32. The third-order valence-electron chi connectivity index (χ3n) is 2.17. The smallest absolute Gasteiger partial charge is 0.106 e. The van der Waals surface area contributed by atoms with Gasteiger partial charge in [-0.05, 0) is 6.42 Å². The van der Waals surface area contributed by atoms with E-state index in [2.05, 4.69) is 13.5 Å². The molecule has 78 valence electrons. The average molecular weight is 205 g/mol. The molecule has 0 fully saturated rings. The molecule has 2 heteroatoms. The maximum atomic E-state index is 6.02. The van der Waals surface area contributed by atoms with Gasteiger partial charge in [0.2, 0.25) is 0 Å². The molecule has 0 amide bonds. The highest BCUT2D eigenvalue weighted by molar-refractivity contribution is 6.22. The van der Waals surface area contributed by atoms with Crippen LogP contribution < -0.4 is 0 Å². The van der Waals surface area contributed by atoms with Gasteiger partial charge in [0, 0.05) is 0 Å². The summed E-state index contributed by atoms with van der Waals surface area (Å²) in [6.45, 7) is 5.95. The second-order valence-corrected chi connectivity index (χ2v) is 3.87. The van der Waals surface area contributed by atoms with Crippen LogP contribution in [-0.2, 0) is 4.74 Å². The average Bonchev–Trinajstić information content (AvgIpc) is 2.16. The Morgan fingerprint density at radius 2 is 1.92 bits per heavy atom. The normalized spacial score (nSPS) is 12.5. The minimum atomic E-state index is -0.00775. The molecule has 0 aromatic carbocycles. The summed E-state index contributed by atoms with van der Waals surface area (Å²) < 4.78 is 4.96. The Hall–Kier alpha value is -0.170. The van der Waals surface area contributed by atoms with Crippen LogP contribution in [0.25, 0.3) is 0 Å². The molecule has 0 aromatic heterocycles. The van der Waals surface area contributed by atoms with E-state index in [4.69, 9.17) is 16.3 Å². The molecule has 0 saturated heterocycles. The zero-order valence-electron chi connectivity index (χ0n) is 8.81. The molecule has 0 saturated carbocycles. The lowest BCUT2D eigenvalue weighted by molar-refractivity contribution is 0.278. The molecule has 0 heterocycles. The first kappa shape index (κ1) is 12.8. The predicted octanol–water partition coefficient (Wildman–Crippen LogP) is 4.11. The monoisotopic (exact) mass is 204 g/mol. The van der Waals surface area contributed by atoms with Gasteiger partial charge >= 0.3 is 0 Å². The van der Waals surface area contributed by atoms with E-state index in [1.165, 1.54) is 32.1 Å². The fourth-order valence-electron chi connectivity index (χ4n) is 1.22. The van der Waals surface area contributed by atoms with Crippen LogP contribution in [-0.4, -0.2) is 12.5 Å². The van der Waals surface area contributed by atoms with Crippen LogP contribution in [0.4, 0.5) is 0 Å². The van der Waals surface area contributed by atoms with E-state index in [0.29, 0.717) is 5.76 Å². The quantitative estimate of drug-likeness (QED) is 0.329. The Balaban J connectivity index is 3.26. The summed E-state index contributed by atoms with van der Waals surface area (Å²) >= 11 is 6.02. The Morgan fingerprint density at radius 3 is 2.46 bits per heavy atom. The van der Waals surface area contributed by atoms with E-state index in [1.807, 2.05) is 0 Å². The summed E-state index contributed by atoms with van der Waals surface area (Å²) in [5.74, 6) is 0.692. The van der Waals surface area contributed by atoms with Gasteiger partial charge in [-0.2, -0.15) is 0 Å². The number of alkyl halides is 1. The largest absolute Gasteiger partial charge is 0.500 e. The maximum absolute atomic E-state index is 6.02. The van der Waals surface area contributed by atoms with Gasteiger partial charge in [-0.25, -0.2) is 0 Å². The summed E-state index contributed by atoms with van der Waals surface area (Å²) in [4.78, 5) is 0. The first-order chi connectivity index (χ1) is 6.22. The number of hydrogen-bond donors (Lipinski definition) is 0. The van der Waals surface area contributed by atoms with Crippen LogP contribution in [0.3, 0.4) is 0 Å². The van der Waals surface area contributed by atoms with Crippen molar-refractivity contribution in [3.63, 3.8) is 0 Å². The predicted molar refractivity (Wildman–Crippen MR) is 59.2 cm³/mol. The van der Waals surface area contributed by atoms with Gasteiger partial charge in [0.1, 0.15) is 5.76 Å². The molecule has 1 unspecified atom stereocenters. The summed E-state index contributed by atoms with van der Waals surface area (Å²) in [6.07, 6.45) is 7.37. The van der Waals surface area contributed by atoms with E-state index in [1.54, 1.807) is 7.11 Å². The fourth-order valence-corrected chi connectivity index (χ4v) is 1.46. The lowest BCUT2D eigenvalue weighted by Crippen LogP contribution is -2.03. The first-order valence-corrected chi connectivity index (χ1v) is 5.52. The molecule has 1 nitrogen and oxygen atoms in total. The van der Waals surface area contributed by atoms with Crippen LogP contribution in [0.15, 0.2) is 12.3 Å². The van der Waals surface area contributed by atoms with Crippen LogP contribution >= 0.6 is 11.6 Å². The zero-order chi connectivity index (χ0) is 10.1. The molecule has 0 bridgehead atoms. The molecule has 0 aliphatic rings. The van der Waals surface area contributed by atoms with Crippen LogP contribution in [0.1, 0.15) is 45.4 Å². The molecule has 0 aliphatic heterocycles. The second-order valence-electron chi connectivity index (χ2n) is 3.34. The molecule has 13 heavy (non-hydrogen) atoms. The van der Waals surface area contributed by atoms with Crippen molar-refractivity contribution in [1.82, 2.24) is 0 Å². The minimum absolute atomic E-state index is 0.00775. The van der Waals surface area contributed by atoms with E-state index in [0.717, 1.165) is 6.42 Å². The Labute approximate surface area is 87.1 Å². The van der Waals surface area contributed by atoms with Crippen molar-refractivity contribution in [2.24, 2.45) is 0 Å². The molecule has 0 spiro atoms. The molecule has 0 aromatic rings. The van der Waals surface area contributed by atoms with E-state index >= 15 is 0 Å². The van der Waals surface area contributed by atoms with Crippen molar-refractivity contribution in [2.45, 2.75) is 50.8 Å². The van der Waals surface area contributed by atoms with Gasteiger partial charge < -0.3 is 4.74 Å². The fraction of sp³-hybridized carbons (Fsp3) is 0.818. The van der Waals surface area contributed by atoms with Crippen LogP contribution in [0, 0.1) is 0 Å². The zero-order valence-corrected chi connectivity index (χ0v) is 9.57. The van der Waals surface area contributed by atoms with Crippen molar-refractivity contribution in [2.75, 3.05) is 7.11 Å². The van der Waals surface area contributed by atoms with Crippen LogP contribution in [0.2, 0.25) is 0 Å². The summed E-state index contributed by atoms with van der Waals surface area (Å²) in [6, 6.07) is 0. The molecule has 1 atom stereocenters. The first-order valence-electron chi connectivity index (χ1n) is 5.09. The van der Waals surface area contributed by atoms with Gasteiger partial charge in [-0.1, -0.05) is 45.6 Å². The van der Waals surface area contributed by atoms with Gasteiger partial charge in [0.25, 0.3) is 0 Å². The maximum Gasteiger partial charge on any atom is 0.106 e. The number of methoxy groups -OCH3 is 1. The van der Waals surface area contributed by atoms with Crippen molar-refractivity contribution < 1.29 is 4.74 Å². The van der Waals surface area contributed by atoms with Crippen molar-refractivity contribution in [3.8, 4) is 0 Å². The molecular weight excluding hydrogens is 184 g/mol. The number of halogens is 1. The molecule has 0 rings (SSSR count). The SMILES string of the molecule is C=C(OC)C(Cl)CCCCCCC. The molecule has 0 N–H and O–H groups in total. The lowest BCUT2D eigenvalue weighted by atomic mass is 10.1. The third kappa shape index (κ3) is 6.94. The summed E-state index contributed by atoms with van der Waals surface area (Å²) in [5, 5.41) is -0.00775. The highest BCUT2D eigenvalue weighted by Crippen LogP contribution is 2.16. The highest BCUT2D eigenvalue weighted by Gasteiger charge is 2.07. The number of allylic oxidation sites excluding steroid dienone is 1. The van der Waals surface area contributed by atoms with Gasteiger partial charge in [-0.3, -0.25) is 0 Å². The van der Waals surface area contributed by atoms with Gasteiger partial charge in [-0.15, -0.1) is 11.6 Å². The molecule has 0 aliphatic carbocycles. The van der Waals surface area contributed by atoms with Crippen molar-refractivity contribution in [3.05, 3.63) is 12.3 Å².